The molecule has 0 unspecified atom stereocenters. The van der Waals surface area contributed by atoms with E-state index in [0.29, 0.717) is 17.0 Å². The largest absolute Gasteiger partial charge is 0.484 e. The number of nitrogens with one attached hydrogen (secondary N) is 2. The van der Waals surface area contributed by atoms with E-state index in [4.69, 9.17) is 4.74 Å². The number of hydrogen-bond acceptors (Lipinski definition) is 7. The molecule has 0 fully saturated rings. The van der Waals surface area contributed by atoms with E-state index in [1.54, 1.807) is 68.9 Å². The Bertz CT molecular complexity index is 1300. The Balaban J connectivity index is 1.72. The first-order valence-corrected chi connectivity index (χ1v) is 12.5. The van der Waals surface area contributed by atoms with Gasteiger partial charge < -0.3 is 9.64 Å². The molecule has 0 bridgehead atoms. The third-order valence-corrected chi connectivity index (χ3v) is 7.38. The van der Waals surface area contributed by atoms with Crippen molar-refractivity contribution in [1.82, 2.24) is 10.3 Å². The van der Waals surface area contributed by atoms with Crippen LogP contribution in [0.4, 0.5) is 5.69 Å². The van der Waals surface area contributed by atoms with Gasteiger partial charge in [-0.25, -0.2) is 13.8 Å². The average Bonchev–Trinajstić information content (AvgIpc) is 3.37. The average molecular weight is 501 g/mol. The van der Waals surface area contributed by atoms with E-state index in [0.717, 1.165) is 11.3 Å². The lowest BCUT2D eigenvalue weighted by molar-refractivity contribution is -0.130. The Morgan fingerprint density at radius 2 is 1.82 bits per heavy atom. The van der Waals surface area contributed by atoms with E-state index in [2.05, 4.69) is 15.2 Å². The second-order valence-electron chi connectivity index (χ2n) is 7.33. The van der Waals surface area contributed by atoms with Crippen LogP contribution in [-0.2, 0) is 14.8 Å². The molecule has 0 saturated heterocycles. The highest BCUT2D eigenvalue weighted by atomic mass is 32.2. The molecule has 2 amide bonds. The van der Waals surface area contributed by atoms with Gasteiger partial charge in [-0.1, -0.05) is 30.3 Å². The summed E-state index contributed by atoms with van der Waals surface area (Å²) in [5.41, 5.74) is 3.90. The third-order valence-electron chi connectivity index (χ3n) is 4.61. The van der Waals surface area contributed by atoms with Crippen molar-refractivity contribution >= 4 is 44.6 Å². The minimum atomic E-state index is -3.81. The fourth-order valence-corrected chi connectivity index (χ4v) is 4.80. The number of hydrazone groups is 1. The van der Waals surface area contributed by atoms with E-state index in [1.165, 1.54) is 23.1 Å². The summed E-state index contributed by atoms with van der Waals surface area (Å²) in [5, 5.41) is 5.79. The number of amides is 2. The fraction of sp³-hybridized carbons (Fsp3) is 0.174. The van der Waals surface area contributed by atoms with E-state index >= 15 is 0 Å². The highest BCUT2D eigenvalue weighted by molar-refractivity contribution is 7.94. The Morgan fingerprint density at radius 1 is 1.06 bits per heavy atom. The van der Waals surface area contributed by atoms with Crippen LogP contribution in [0, 0.1) is 0 Å². The molecule has 2 aromatic carbocycles. The Hall–Kier alpha value is -3.70. The minimum absolute atomic E-state index is 0.0957. The summed E-state index contributed by atoms with van der Waals surface area (Å²) >= 11 is 1.08. The number of likely N-dealkylation sites (N-methyl/N-ethyl adjacent to an activating group) is 1. The number of sulfonamides is 1. The number of nitrogens with zero attached hydrogens (tertiary/aromatic N) is 2. The Morgan fingerprint density at radius 3 is 2.53 bits per heavy atom. The lowest BCUT2D eigenvalue weighted by Gasteiger charge is -2.12. The molecule has 0 saturated carbocycles. The van der Waals surface area contributed by atoms with Crippen molar-refractivity contribution < 1.29 is 22.7 Å². The zero-order chi connectivity index (χ0) is 24.7. The number of thiophene rings is 1. The summed E-state index contributed by atoms with van der Waals surface area (Å²) in [6, 6.07) is 16.3. The molecule has 0 radical (unpaired) electrons. The maximum atomic E-state index is 12.8. The van der Waals surface area contributed by atoms with E-state index < -0.39 is 15.9 Å². The molecule has 1 aromatic heterocycles. The number of ether oxygens (including phenoxy) is 1. The number of hydrogen-bond donors (Lipinski definition) is 2. The smallest absolute Gasteiger partial charge is 0.273 e. The molecule has 0 aliphatic rings. The fourth-order valence-electron chi connectivity index (χ4n) is 2.73. The standard InChI is InChI=1S/C23H24N4O5S2/c1-16(17-8-6-9-18(14-17)32-15-21(28)27(2)3)24-25-23(29)19-10-4-5-11-20(19)26-34(30,31)22-12-7-13-33-22/h4-14,26H,15H2,1-3H3,(H,25,29)/b24-16-. The van der Waals surface area contributed by atoms with E-state index in [-0.39, 0.29) is 28.0 Å². The van der Waals surface area contributed by atoms with Crippen LogP contribution in [-0.4, -0.2) is 51.5 Å². The van der Waals surface area contributed by atoms with Gasteiger partial charge in [0, 0.05) is 19.7 Å². The predicted octanol–water partition coefficient (Wildman–Crippen LogP) is 3.17. The van der Waals surface area contributed by atoms with Crippen LogP contribution in [0.2, 0.25) is 0 Å². The third kappa shape index (κ3) is 6.42. The number of para-hydroxylation sites is 1. The summed E-state index contributed by atoms with van der Waals surface area (Å²) < 4.78 is 33.2. The molecule has 1 heterocycles. The van der Waals surface area contributed by atoms with Gasteiger partial charge in [0.15, 0.2) is 6.61 Å². The summed E-state index contributed by atoms with van der Waals surface area (Å²) in [7, 11) is -0.519. The SMILES string of the molecule is C/C(=N/NC(=O)c1ccccc1NS(=O)(=O)c1cccs1)c1cccc(OCC(=O)N(C)C)c1. The van der Waals surface area contributed by atoms with Crippen molar-refractivity contribution in [2.75, 3.05) is 25.4 Å². The zero-order valence-electron chi connectivity index (χ0n) is 18.8. The van der Waals surface area contributed by atoms with Crippen molar-refractivity contribution in [3.63, 3.8) is 0 Å². The highest BCUT2D eigenvalue weighted by Crippen LogP contribution is 2.23. The molecule has 3 rings (SSSR count). The molecule has 34 heavy (non-hydrogen) atoms. The van der Waals surface area contributed by atoms with Gasteiger partial charge in [-0.15, -0.1) is 11.3 Å². The number of rotatable bonds is 9. The zero-order valence-corrected chi connectivity index (χ0v) is 20.4. The predicted molar refractivity (Wildman–Crippen MR) is 132 cm³/mol. The monoisotopic (exact) mass is 500 g/mol. The molecule has 0 spiro atoms. The van der Waals surface area contributed by atoms with E-state index in [1.807, 2.05) is 0 Å². The van der Waals surface area contributed by atoms with Crippen molar-refractivity contribution in [2.24, 2.45) is 5.10 Å². The van der Waals surface area contributed by atoms with Crippen LogP contribution in [0.5, 0.6) is 5.75 Å². The number of benzene rings is 2. The van der Waals surface area contributed by atoms with Crippen LogP contribution in [0.25, 0.3) is 0 Å². The van der Waals surface area contributed by atoms with Gasteiger partial charge in [-0.3, -0.25) is 14.3 Å². The summed E-state index contributed by atoms with van der Waals surface area (Å²) in [6.45, 7) is 1.61. The molecule has 9 nitrogen and oxygen atoms in total. The lowest BCUT2D eigenvalue weighted by atomic mass is 10.1. The maximum Gasteiger partial charge on any atom is 0.273 e. The van der Waals surface area contributed by atoms with Crippen LogP contribution < -0.4 is 14.9 Å². The van der Waals surface area contributed by atoms with Gasteiger partial charge in [-0.05, 0) is 42.6 Å². The van der Waals surface area contributed by atoms with Gasteiger partial charge in [0.1, 0.15) is 9.96 Å². The molecule has 2 N–H and O–H groups in total. The summed E-state index contributed by atoms with van der Waals surface area (Å²) in [5.74, 6) is -0.258. The van der Waals surface area contributed by atoms with Crippen LogP contribution in [0.3, 0.4) is 0 Å². The molecule has 11 heteroatoms. The molecular formula is C23H24N4O5S2. The van der Waals surface area contributed by atoms with Crippen LogP contribution >= 0.6 is 11.3 Å². The van der Waals surface area contributed by atoms with Crippen molar-refractivity contribution in [3.05, 3.63) is 77.2 Å². The molecule has 3 aromatic rings. The van der Waals surface area contributed by atoms with E-state index in [9.17, 15) is 18.0 Å². The van der Waals surface area contributed by atoms with Crippen molar-refractivity contribution in [1.29, 1.82) is 0 Å². The summed E-state index contributed by atoms with van der Waals surface area (Å²) in [4.78, 5) is 25.9. The second kappa shape index (κ2) is 10.9. The summed E-state index contributed by atoms with van der Waals surface area (Å²) in [6.07, 6.45) is 0. The van der Waals surface area contributed by atoms with Gasteiger partial charge in [0.2, 0.25) is 0 Å². The molecule has 0 atom stereocenters. The Labute approximate surface area is 202 Å². The number of carbonyl (C=O) groups excluding carboxylic acids is 2. The molecule has 178 valence electrons. The molecule has 0 aliphatic heterocycles. The van der Waals surface area contributed by atoms with Crippen molar-refractivity contribution in [2.45, 2.75) is 11.1 Å². The minimum Gasteiger partial charge on any atom is -0.484 e. The molecular weight excluding hydrogens is 476 g/mol. The Kier molecular flexibility index (Phi) is 8.03. The van der Waals surface area contributed by atoms with Crippen LogP contribution in [0.1, 0.15) is 22.8 Å². The first-order valence-electron chi connectivity index (χ1n) is 10.1. The van der Waals surface area contributed by atoms with Gasteiger partial charge >= 0.3 is 0 Å². The maximum absolute atomic E-state index is 12.8. The quantitative estimate of drug-likeness (QED) is 0.346. The number of carbonyl (C=O) groups is 2. The van der Waals surface area contributed by atoms with Gasteiger partial charge in [0.25, 0.3) is 21.8 Å². The van der Waals surface area contributed by atoms with Gasteiger partial charge in [-0.2, -0.15) is 5.10 Å². The lowest BCUT2D eigenvalue weighted by Crippen LogP contribution is -2.27. The van der Waals surface area contributed by atoms with Crippen LogP contribution in [0.15, 0.2) is 75.4 Å². The molecule has 0 aliphatic carbocycles. The topological polar surface area (TPSA) is 117 Å². The first-order chi connectivity index (χ1) is 16.2. The number of anilines is 1. The first kappa shape index (κ1) is 24.9. The van der Waals surface area contributed by atoms with Gasteiger partial charge in [0.05, 0.1) is 17.0 Å². The second-order valence-corrected chi connectivity index (χ2v) is 10.2. The van der Waals surface area contributed by atoms with Crippen molar-refractivity contribution in [3.8, 4) is 5.75 Å². The highest BCUT2D eigenvalue weighted by Gasteiger charge is 2.19. The normalized spacial score (nSPS) is 11.6.